The lowest BCUT2D eigenvalue weighted by atomic mass is 10.1. The van der Waals surface area contributed by atoms with Gasteiger partial charge in [-0.25, -0.2) is 0 Å². The zero-order chi connectivity index (χ0) is 15.9. The fraction of sp³-hybridized carbons (Fsp3) is 0.278. The molecular weight excluding hydrogens is 298 g/mol. The molecule has 0 saturated heterocycles. The second-order valence-electron chi connectivity index (χ2n) is 5.13. The van der Waals surface area contributed by atoms with Crippen molar-refractivity contribution in [3.63, 3.8) is 0 Å². The summed E-state index contributed by atoms with van der Waals surface area (Å²) in [4.78, 5) is 11.9. The Bertz CT molecular complexity index is 608. The Labute approximate surface area is 136 Å². The number of benzene rings is 2. The molecule has 0 saturated carbocycles. The monoisotopic (exact) mass is 317 g/mol. The summed E-state index contributed by atoms with van der Waals surface area (Å²) in [6.45, 7) is 4.06. The van der Waals surface area contributed by atoms with Crippen molar-refractivity contribution in [3.05, 3.63) is 64.7 Å². The van der Waals surface area contributed by atoms with E-state index >= 15 is 0 Å². The standard InChI is InChI=1S/C18H20ClNO2/c1-3-14-4-6-15(7-5-14)13(2)20-18(21)12-22-17-10-8-16(19)9-11-17/h4-11,13H,3,12H2,1-2H3,(H,20,21)/t13-/m1/s1. The zero-order valence-electron chi connectivity index (χ0n) is 12.8. The number of amides is 1. The third kappa shape index (κ3) is 4.78. The summed E-state index contributed by atoms with van der Waals surface area (Å²) in [5.74, 6) is 0.474. The van der Waals surface area contributed by atoms with Gasteiger partial charge in [-0.2, -0.15) is 0 Å². The minimum atomic E-state index is -0.151. The highest BCUT2D eigenvalue weighted by molar-refractivity contribution is 6.30. The minimum Gasteiger partial charge on any atom is -0.484 e. The first-order chi connectivity index (χ1) is 10.6. The Morgan fingerprint density at radius 3 is 2.36 bits per heavy atom. The molecule has 0 unspecified atom stereocenters. The summed E-state index contributed by atoms with van der Waals surface area (Å²) in [6.07, 6.45) is 1.01. The number of halogens is 1. The molecule has 0 spiro atoms. The molecule has 0 radical (unpaired) electrons. The van der Waals surface area contributed by atoms with Gasteiger partial charge in [-0.15, -0.1) is 0 Å². The predicted molar refractivity (Wildman–Crippen MR) is 89.3 cm³/mol. The lowest BCUT2D eigenvalue weighted by Gasteiger charge is -2.15. The van der Waals surface area contributed by atoms with E-state index in [2.05, 4.69) is 24.4 Å². The summed E-state index contributed by atoms with van der Waals surface area (Å²) < 4.78 is 5.43. The van der Waals surface area contributed by atoms with Gasteiger partial charge in [0.25, 0.3) is 5.91 Å². The first-order valence-electron chi connectivity index (χ1n) is 7.35. The smallest absolute Gasteiger partial charge is 0.258 e. The molecule has 0 fully saturated rings. The molecular formula is C18H20ClNO2. The Kier molecular flexibility index (Phi) is 5.84. The molecule has 0 aliphatic heterocycles. The van der Waals surface area contributed by atoms with Crippen LogP contribution in [-0.4, -0.2) is 12.5 Å². The average molecular weight is 318 g/mol. The number of hydrogen-bond donors (Lipinski definition) is 1. The quantitative estimate of drug-likeness (QED) is 0.868. The van der Waals surface area contributed by atoms with E-state index in [1.165, 1.54) is 5.56 Å². The second-order valence-corrected chi connectivity index (χ2v) is 5.56. The molecule has 0 aromatic heterocycles. The molecule has 1 amide bonds. The van der Waals surface area contributed by atoms with Gasteiger partial charge in [-0.1, -0.05) is 42.8 Å². The maximum Gasteiger partial charge on any atom is 0.258 e. The lowest BCUT2D eigenvalue weighted by Crippen LogP contribution is -2.31. The van der Waals surface area contributed by atoms with Crippen LogP contribution in [0.1, 0.15) is 31.0 Å². The van der Waals surface area contributed by atoms with Gasteiger partial charge in [0.05, 0.1) is 6.04 Å². The maximum atomic E-state index is 11.9. The molecule has 2 rings (SSSR count). The molecule has 0 heterocycles. The normalized spacial score (nSPS) is 11.8. The van der Waals surface area contributed by atoms with Gasteiger partial charge in [-0.05, 0) is 48.7 Å². The van der Waals surface area contributed by atoms with E-state index in [1.807, 2.05) is 19.1 Å². The summed E-state index contributed by atoms with van der Waals surface area (Å²) in [7, 11) is 0. The van der Waals surface area contributed by atoms with Crippen molar-refractivity contribution in [3.8, 4) is 5.75 Å². The number of ether oxygens (including phenoxy) is 1. The van der Waals surface area contributed by atoms with Crippen LogP contribution in [0.3, 0.4) is 0 Å². The first-order valence-corrected chi connectivity index (χ1v) is 7.73. The Morgan fingerprint density at radius 2 is 1.77 bits per heavy atom. The van der Waals surface area contributed by atoms with Crippen molar-refractivity contribution >= 4 is 17.5 Å². The van der Waals surface area contributed by atoms with Crippen LogP contribution in [-0.2, 0) is 11.2 Å². The molecule has 1 atom stereocenters. The molecule has 2 aromatic rings. The van der Waals surface area contributed by atoms with Gasteiger partial charge < -0.3 is 10.1 Å². The van der Waals surface area contributed by atoms with E-state index in [0.717, 1.165) is 12.0 Å². The van der Waals surface area contributed by atoms with Crippen molar-refractivity contribution in [2.75, 3.05) is 6.61 Å². The van der Waals surface area contributed by atoms with Crippen LogP contribution in [0.4, 0.5) is 0 Å². The molecule has 3 nitrogen and oxygen atoms in total. The van der Waals surface area contributed by atoms with Crippen LogP contribution in [0.2, 0.25) is 5.02 Å². The van der Waals surface area contributed by atoms with E-state index < -0.39 is 0 Å². The van der Waals surface area contributed by atoms with Gasteiger partial charge in [0, 0.05) is 5.02 Å². The van der Waals surface area contributed by atoms with Crippen LogP contribution in [0, 0.1) is 0 Å². The zero-order valence-corrected chi connectivity index (χ0v) is 13.6. The summed E-state index contributed by atoms with van der Waals surface area (Å²) in [5, 5.41) is 3.57. The van der Waals surface area contributed by atoms with E-state index in [1.54, 1.807) is 24.3 Å². The van der Waals surface area contributed by atoms with E-state index in [-0.39, 0.29) is 18.6 Å². The fourth-order valence-corrected chi connectivity index (χ4v) is 2.21. The van der Waals surface area contributed by atoms with Crippen molar-refractivity contribution in [1.29, 1.82) is 0 Å². The number of nitrogens with one attached hydrogen (secondary N) is 1. The average Bonchev–Trinajstić information content (AvgIpc) is 2.54. The van der Waals surface area contributed by atoms with E-state index in [9.17, 15) is 4.79 Å². The molecule has 0 aliphatic carbocycles. The molecule has 116 valence electrons. The third-order valence-electron chi connectivity index (χ3n) is 3.45. The first kappa shape index (κ1) is 16.4. The van der Waals surface area contributed by atoms with Gasteiger partial charge in [0.15, 0.2) is 6.61 Å². The van der Waals surface area contributed by atoms with Gasteiger partial charge in [-0.3, -0.25) is 4.79 Å². The number of carbonyl (C=O) groups excluding carboxylic acids is 1. The number of carbonyl (C=O) groups is 1. The number of aryl methyl sites for hydroxylation is 1. The number of hydrogen-bond acceptors (Lipinski definition) is 2. The van der Waals surface area contributed by atoms with Crippen LogP contribution < -0.4 is 10.1 Å². The van der Waals surface area contributed by atoms with Crippen molar-refractivity contribution in [2.45, 2.75) is 26.3 Å². The van der Waals surface area contributed by atoms with Gasteiger partial charge >= 0.3 is 0 Å². The Hall–Kier alpha value is -2.00. The van der Waals surface area contributed by atoms with E-state index in [4.69, 9.17) is 16.3 Å². The lowest BCUT2D eigenvalue weighted by molar-refractivity contribution is -0.123. The van der Waals surface area contributed by atoms with Crippen LogP contribution >= 0.6 is 11.6 Å². The predicted octanol–water partition coefficient (Wildman–Crippen LogP) is 4.16. The minimum absolute atomic E-state index is 0.0149. The van der Waals surface area contributed by atoms with Gasteiger partial charge in [0.2, 0.25) is 0 Å². The summed E-state index contributed by atoms with van der Waals surface area (Å²) in [5.41, 5.74) is 2.37. The topological polar surface area (TPSA) is 38.3 Å². The highest BCUT2D eigenvalue weighted by Gasteiger charge is 2.10. The van der Waals surface area contributed by atoms with Crippen LogP contribution in [0.15, 0.2) is 48.5 Å². The fourth-order valence-electron chi connectivity index (χ4n) is 2.09. The maximum absolute atomic E-state index is 11.9. The van der Waals surface area contributed by atoms with Crippen molar-refractivity contribution < 1.29 is 9.53 Å². The summed E-state index contributed by atoms with van der Waals surface area (Å²) in [6, 6.07) is 15.1. The Balaban J connectivity index is 1.83. The highest BCUT2D eigenvalue weighted by Crippen LogP contribution is 2.16. The largest absolute Gasteiger partial charge is 0.484 e. The van der Waals surface area contributed by atoms with Crippen molar-refractivity contribution in [2.24, 2.45) is 0 Å². The summed E-state index contributed by atoms with van der Waals surface area (Å²) >= 11 is 5.80. The van der Waals surface area contributed by atoms with Crippen molar-refractivity contribution in [1.82, 2.24) is 5.32 Å². The van der Waals surface area contributed by atoms with E-state index in [0.29, 0.717) is 10.8 Å². The third-order valence-corrected chi connectivity index (χ3v) is 3.70. The molecule has 4 heteroatoms. The van der Waals surface area contributed by atoms with Gasteiger partial charge in [0.1, 0.15) is 5.75 Å². The molecule has 2 aromatic carbocycles. The van der Waals surface area contributed by atoms with Crippen LogP contribution in [0.25, 0.3) is 0 Å². The second kappa shape index (κ2) is 7.85. The Morgan fingerprint density at radius 1 is 1.14 bits per heavy atom. The molecule has 0 bridgehead atoms. The number of rotatable bonds is 6. The highest BCUT2D eigenvalue weighted by atomic mass is 35.5. The molecule has 22 heavy (non-hydrogen) atoms. The molecule has 1 N–H and O–H groups in total. The SMILES string of the molecule is CCc1ccc([C@@H](C)NC(=O)COc2ccc(Cl)cc2)cc1. The molecule has 0 aliphatic rings. The van der Waals surface area contributed by atoms with Crippen LogP contribution in [0.5, 0.6) is 5.75 Å².